The van der Waals surface area contributed by atoms with Gasteiger partial charge in [-0.25, -0.2) is 19.6 Å². The summed E-state index contributed by atoms with van der Waals surface area (Å²) in [6.45, 7) is 7.44. The molecule has 0 aromatic carbocycles. The van der Waals surface area contributed by atoms with Gasteiger partial charge in [0.2, 0.25) is 0 Å². The van der Waals surface area contributed by atoms with E-state index in [9.17, 15) is 24.0 Å². The maximum Gasteiger partial charge on any atom is 0.346 e. The minimum Gasteiger partial charge on any atom is -0.463 e. The number of carbonyl (C=O) groups excluding carboxylic acids is 5. The number of carbonyl (C=O) groups is 5. The Hall–Kier alpha value is -3.77. The van der Waals surface area contributed by atoms with Crippen molar-refractivity contribution < 1.29 is 42.9 Å². The number of nitrogens with zero attached hydrogens (tertiary/aromatic N) is 2. The number of pyridine rings is 2. The van der Waals surface area contributed by atoms with Gasteiger partial charge in [0.1, 0.15) is 17.9 Å². The lowest BCUT2D eigenvalue weighted by atomic mass is 9.95. The first kappa shape index (κ1) is 31.8. The molecule has 3 rings (SSSR count). The Morgan fingerprint density at radius 3 is 2.54 bits per heavy atom. The topological polar surface area (TPSA) is 160 Å². The van der Waals surface area contributed by atoms with Crippen molar-refractivity contribution in [2.45, 2.75) is 59.3 Å². The molecular formula is C27H29Cl2N3O9. The minimum absolute atomic E-state index is 0.135. The molecular weight excluding hydrogens is 581 g/mol. The van der Waals surface area contributed by atoms with Crippen molar-refractivity contribution >= 4 is 53.0 Å². The number of esters is 4. The van der Waals surface area contributed by atoms with E-state index in [2.05, 4.69) is 15.3 Å². The molecule has 0 saturated carbocycles. The van der Waals surface area contributed by atoms with Gasteiger partial charge in [0.25, 0.3) is 5.91 Å². The highest BCUT2D eigenvalue weighted by atomic mass is 35.5. The van der Waals surface area contributed by atoms with Crippen LogP contribution in [0.15, 0.2) is 24.5 Å². The van der Waals surface area contributed by atoms with E-state index in [0.717, 1.165) is 0 Å². The van der Waals surface area contributed by atoms with Crippen molar-refractivity contribution in [3.05, 3.63) is 51.5 Å². The van der Waals surface area contributed by atoms with E-state index < -0.39 is 66.5 Å². The molecule has 14 heteroatoms. The van der Waals surface area contributed by atoms with E-state index in [1.165, 1.54) is 31.5 Å². The summed E-state index contributed by atoms with van der Waals surface area (Å²) in [7, 11) is 0. The number of hydrogen-bond acceptors (Lipinski definition) is 11. The van der Waals surface area contributed by atoms with Gasteiger partial charge in [0.05, 0.1) is 22.4 Å². The molecule has 0 unspecified atom stereocenters. The fraction of sp³-hybridized carbons (Fsp3) is 0.444. The molecule has 1 saturated heterocycles. The van der Waals surface area contributed by atoms with Gasteiger partial charge in [0, 0.05) is 12.4 Å². The van der Waals surface area contributed by atoms with E-state index in [1.807, 2.05) is 0 Å². The van der Waals surface area contributed by atoms with E-state index in [1.54, 1.807) is 27.7 Å². The fourth-order valence-corrected chi connectivity index (χ4v) is 4.20. The molecule has 1 aliphatic heterocycles. The number of aryl methyl sites for hydroxylation is 1. The highest BCUT2D eigenvalue weighted by molar-refractivity contribution is 6.34. The first-order valence-corrected chi connectivity index (χ1v) is 13.5. The minimum atomic E-state index is -1.46. The van der Waals surface area contributed by atoms with Gasteiger partial charge in [-0.05, 0) is 38.0 Å². The average molecular weight is 610 g/mol. The number of ether oxygens (including phenoxy) is 4. The Kier molecular flexibility index (Phi) is 10.6. The van der Waals surface area contributed by atoms with Gasteiger partial charge in [-0.2, -0.15) is 0 Å². The molecule has 220 valence electrons. The predicted molar refractivity (Wildman–Crippen MR) is 144 cm³/mol. The third-order valence-electron chi connectivity index (χ3n) is 6.15. The molecule has 1 N–H and O–H groups in total. The molecule has 2 aromatic rings. The van der Waals surface area contributed by atoms with Crippen molar-refractivity contribution in [3.8, 4) is 5.75 Å². The number of cyclic esters (lactones) is 2. The van der Waals surface area contributed by atoms with Crippen LogP contribution in [0.1, 0.15) is 60.5 Å². The van der Waals surface area contributed by atoms with Crippen LogP contribution in [0.3, 0.4) is 0 Å². The average Bonchev–Trinajstić information content (AvgIpc) is 2.95. The van der Waals surface area contributed by atoms with E-state index >= 15 is 0 Å². The zero-order valence-electron chi connectivity index (χ0n) is 22.9. The van der Waals surface area contributed by atoms with Crippen molar-refractivity contribution in [2.75, 3.05) is 6.61 Å². The summed E-state index contributed by atoms with van der Waals surface area (Å²) in [5, 5.41) is 2.39. The summed E-state index contributed by atoms with van der Waals surface area (Å²) < 4.78 is 21.7. The van der Waals surface area contributed by atoms with Crippen LogP contribution in [0, 0.1) is 18.8 Å². The first-order valence-electron chi connectivity index (χ1n) is 12.7. The largest absolute Gasteiger partial charge is 0.463 e. The summed E-state index contributed by atoms with van der Waals surface area (Å²) >= 11 is 11.9. The van der Waals surface area contributed by atoms with Gasteiger partial charge in [-0.3, -0.25) is 14.4 Å². The molecule has 4 atom stereocenters. The predicted octanol–water partition coefficient (Wildman–Crippen LogP) is 3.49. The normalized spacial score (nSPS) is 21.1. The number of hydrogen-bond donors (Lipinski definition) is 1. The lowest BCUT2D eigenvalue weighted by Crippen LogP contribution is -2.47. The second-order valence-corrected chi connectivity index (χ2v) is 10.4. The van der Waals surface area contributed by atoms with Crippen LogP contribution < -0.4 is 10.1 Å². The molecule has 2 aromatic heterocycles. The summed E-state index contributed by atoms with van der Waals surface area (Å²) in [5.74, 6) is -5.72. The van der Waals surface area contributed by atoms with Crippen LogP contribution in [0.25, 0.3) is 0 Å². The molecule has 0 bridgehead atoms. The fourth-order valence-electron chi connectivity index (χ4n) is 3.86. The number of nitrogens with one attached hydrogen (secondary N) is 1. The van der Waals surface area contributed by atoms with Crippen LogP contribution >= 0.6 is 23.2 Å². The van der Waals surface area contributed by atoms with Crippen molar-refractivity contribution in [1.29, 1.82) is 0 Å². The molecule has 0 aliphatic carbocycles. The molecule has 41 heavy (non-hydrogen) atoms. The van der Waals surface area contributed by atoms with Crippen LogP contribution in [0.4, 0.5) is 0 Å². The van der Waals surface area contributed by atoms with E-state index in [-0.39, 0.29) is 33.6 Å². The van der Waals surface area contributed by atoms with Gasteiger partial charge in [-0.15, -0.1) is 0 Å². The first-order chi connectivity index (χ1) is 19.3. The number of halogens is 2. The molecule has 1 amide bonds. The Bertz CT molecular complexity index is 1350. The summed E-state index contributed by atoms with van der Waals surface area (Å²) in [6, 6.07) is 1.30. The molecule has 0 radical (unpaired) electrons. The molecule has 1 fully saturated rings. The molecule has 12 nitrogen and oxygen atoms in total. The molecule has 3 heterocycles. The van der Waals surface area contributed by atoms with Gasteiger partial charge in [-0.1, -0.05) is 44.0 Å². The summed E-state index contributed by atoms with van der Waals surface area (Å²) in [4.78, 5) is 72.1. The second-order valence-electron chi connectivity index (χ2n) is 9.56. The van der Waals surface area contributed by atoms with Gasteiger partial charge >= 0.3 is 23.9 Å². The van der Waals surface area contributed by atoms with E-state index in [4.69, 9.17) is 42.1 Å². The van der Waals surface area contributed by atoms with Crippen LogP contribution in [-0.2, 0) is 28.6 Å². The Labute approximate surface area is 246 Å². The standard InChI is InChI=1S/C27H29Cl2N3O9/c1-6-16-21(41-24(34)12(2)3)14(5)39-27(37)18(11-38-25(16)35)32-23(33)19-20(13(4)7-8-30-19)40-26(36)17-9-15(28)10-31-22(17)29/h7-10,12,14,16,18,21H,6,11H2,1-5H3,(H,32,33)/t14-,16+,18-,21-/m0/s1. The van der Waals surface area contributed by atoms with Gasteiger partial charge in [0.15, 0.2) is 23.6 Å². The number of amides is 1. The van der Waals surface area contributed by atoms with Crippen molar-refractivity contribution in [3.63, 3.8) is 0 Å². The smallest absolute Gasteiger partial charge is 0.346 e. The third kappa shape index (κ3) is 7.70. The van der Waals surface area contributed by atoms with Crippen molar-refractivity contribution in [2.24, 2.45) is 11.8 Å². The lowest BCUT2D eigenvalue weighted by molar-refractivity contribution is -0.176. The van der Waals surface area contributed by atoms with Gasteiger partial charge < -0.3 is 24.3 Å². The Morgan fingerprint density at radius 2 is 1.88 bits per heavy atom. The number of rotatable bonds is 7. The number of aromatic nitrogens is 2. The Morgan fingerprint density at radius 1 is 1.17 bits per heavy atom. The highest BCUT2D eigenvalue weighted by Crippen LogP contribution is 2.26. The maximum atomic E-state index is 13.3. The lowest BCUT2D eigenvalue weighted by Gasteiger charge is -2.29. The SMILES string of the molecule is CC[C@H]1C(=O)OC[C@H](NC(=O)c2nccc(C)c2OC(=O)c2cc(Cl)cnc2Cl)C(=O)O[C@@H](C)[C@@H]1OC(=O)C(C)C. The van der Waals surface area contributed by atoms with Crippen LogP contribution in [0.5, 0.6) is 5.75 Å². The summed E-state index contributed by atoms with van der Waals surface area (Å²) in [6.07, 6.45) is 0.654. The highest BCUT2D eigenvalue weighted by Gasteiger charge is 2.41. The Balaban J connectivity index is 1.85. The second kappa shape index (κ2) is 13.7. The monoisotopic (exact) mass is 609 g/mol. The molecule has 1 aliphatic rings. The zero-order valence-corrected chi connectivity index (χ0v) is 24.4. The van der Waals surface area contributed by atoms with Crippen LogP contribution in [0.2, 0.25) is 10.2 Å². The van der Waals surface area contributed by atoms with Crippen LogP contribution in [-0.4, -0.2) is 64.6 Å². The zero-order chi connectivity index (χ0) is 30.4. The quantitative estimate of drug-likeness (QED) is 0.278. The molecule has 0 spiro atoms. The maximum absolute atomic E-state index is 13.3. The van der Waals surface area contributed by atoms with Crippen molar-refractivity contribution in [1.82, 2.24) is 15.3 Å². The summed E-state index contributed by atoms with van der Waals surface area (Å²) in [5.41, 5.74) is -0.123. The van der Waals surface area contributed by atoms with E-state index in [0.29, 0.717) is 5.56 Å². The third-order valence-corrected chi connectivity index (χ3v) is 6.65.